The maximum absolute atomic E-state index is 13.3. The van der Waals surface area contributed by atoms with E-state index in [1.807, 2.05) is 30.3 Å². The van der Waals surface area contributed by atoms with Gasteiger partial charge in [-0.15, -0.1) is 0 Å². The quantitative estimate of drug-likeness (QED) is 0.282. The van der Waals surface area contributed by atoms with Gasteiger partial charge < -0.3 is 9.47 Å². The van der Waals surface area contributed by atoms with Gasteiger partial charge in [0.1, 0.15) is 5.82 Å². The normalized spacial score (nSPS) is 11.5. The minimum atomic E-state index is -0.212. The number of fused-ring (bicyclic) bond motifs is 1. The zero-order valence-corrected chi connectivity index (χ0v) is 17.9. The maximum Gasteiger partial charge on any atom is 0.123 e. The van der Waals surface area contributed by atoms with E-state index in [1.165, 1.54) is 28.6 Å². The van der Waals surface area contributed by atoms with Gasteiger partial charge in [0.2, 0.25) is 0 Å². The molecule has 0 aliphatic carbocycles. The standard InChI is InChI=1S/C26H26ClFN2/c1-29(18-21-9-2-4-11-25(21)27)17-7-6-8-20-19-30(23-15-13-22(28)14-16-23)26-12-5-3-10-24(20)26/h2-5,9-16,19H,6-8,17-18H2,1H3. The first-order valence-electron chi connectivity index (χ1n) is 10.4. The minimum absolute atomic E-state index is 0.212. The van der Waals surface area contributed by atoms with E-state index in [-0.39, 0.29) is 5.82 Å². The molecule has 1 aromatic heterocycles. The second-order valence-corrected chi connectivity index (χ2v) is 8.21. The highest BCUT2D eigenvalue weighted by atomic mass is 35.5. The lowest BCUT2D eigenvalue weighted by atomic mass is 10.1. The molecule has 2 nitrogen and oxygen atoms in total. The molecule has 0 fully saturated rings. The lowest BCUT2D eigenvalue weighted by Gasteiger charge is -2.17. The molecule has 0 aliphatic heterocycles. The molecule has 0 radical (unpaired) electrons. The Balaban J connectivity index is 1.40. The number of nitrogens with zero attached hydrogens (tertiary/aromatic N) is 2. The highest BCUT2D eigenvalue weighted by molar-refractivity contribution is 6.31. The second kappa shape index (κ2) is 9.46. The molecule has 0 atom stereocenters. The Morgan fingerprint density at radius 1 is 0.867 bits per heavy atom. The molecule has 0 aliphatic rings. The van der Waals surface area contributed by atoms with Crippen molar-refractivity contribution in [2.45, 2.75) is 25.8 Å². The van der Waals surface area contributed by atoms with E-state index in [0.717, 1.165) is 48.6 Å². The molecule has 4 aromatic rings. The summed E-state index contributed by atoms with van der Waals surface area (Å²) in [5.74, 6) is -0.212. The van der Waals surface area contributed by atoms with Crippen molar-refractivity contribution in [2.75, 3.05) is 13.6 Å². The van der Waals surface area contributed by atoms with Gasteiger partial charge in [0.25, 0.3) is 0 Å². The average Bonchev–Trinajstić information content (AvgIpc) is 3.12. The van der Waals surface area contributed by atoms with E-state index in [4.69, 9.17) is 11.6 Å². The van der Waals surface area contributed by atoms with Crippen molar-refractivity contribution in [1.82, 2.24) is 9.47 Å². The van der Waals surface area contributed by atoms with Gasteiger partial charge in [0.05, 0.1) is 5.52 Å². The number of aryl methyl sites for hydroxylation is 1. The summed E-state index contributed by atoms with van der Waals surface area (Å²) in [6.07, 6.45) is 5.46. The number of hydrogen-bond acceptors (Lipinski definition) is 1. The van der Waals surface area contributed by atoms with Gasteiger partial charge in [-0.25, -0.2) is 4.39 Å². The zero-order valence-electron chi connectivity index (χ0n) is 17.2. The Hall–Kier alpha value is -2.62. The number of para-hydroxylation sites is 1. The molecule has 4 rings (SSSR count). The van der Waals surface area contributed by atoms with Crippen molar-refractivity contribution < 1.29 is 4.39 Å². The summed E-state index contributed by atoms with van der Waals surface area (Å²) >= 11 is 6.28. The first-order valence-corrected chi connectivity index (χ1v) is 10.8. The van der Waals surface area contributed by atoms with Crippen LogP contribution in [0.1, 0.15) is 24.0 Å². The van der Waals surface area contributed by atoms with Gasteiger partial charge in [-0.05, 0) is 80.4 Å². The predicted octanol–water partition coefficient (Wildman–Crippen LogP) is 6.88. The topological polar surface area (TPSA) is 8.17 Å². The smallest absolute Gasteiger partial charge is 0.123 e. The van der Waals surface area contributed by atoms with Crippen LogP contribution < -0.4 is 0 Å². The van der Waals surface area contributed by atoms with Crippen molar-refractivity contribution in [1.29, 1.82) is 0 Å². The van der Waals surface area contributed by atoms with Gasteiger partial charge in [0, 0.05) is 28.8 Å². The summed E-state index contributed by atoms with van der Waals surface area (Å²) in [5, 5.41) is 2.10. The van der Waals surface area contributed by atoms with Crippen LogP contribution in [0.15, 0.2) is 79.0 Å². The number of hydrogen-bond donors (Lipinski definition) is 0. The molecular formula is C26H26ClFN2. The fraction of sp³-hybridized carbons (Fsp3) is 0.231. The summed E-state index contributed by atoms with van der Waals surface area (Å²) in [7, 11) is 2.14. The molecule has 1 heterocycles. The molecule has 0 saturated carbocycles. The van der Waals surface area contributed by atoms with Crippen LogP contribution >= 0.6 is 11.6 Å². The number of aromatic nitrogens is 1. The van der Waals surface area contributed by atoms with Gasteiger partial charge in [-0.1, -0.05) is 48.0 Å². The first kappa shape index (κ1) is 20.6. The lowest BCUT2D eigenvalue weighted by molar-refractivity contribution is 0.319. The number of unbranched alkanes of at least 4 members (excludes halogenated alkanes) is 1. The molecule has 0 spiro atoms. The van der Waals surface area contributed by atoms with E-state index in [0.29, 0.717) is 0 Å². The fourth-order valence-corrected chi connectivity index (χ4v) is 4.15. The SMILES string of the molecule is CN(CCCCc1cn(-c2ccc(F)cc2)c2ccccc12)Cc1ccccc1Cl. The third-order valence-electron chi connectivity index (χ3n) is 5.53. The van der Waals surface area contributed by atoms with Crippen LogP contribution in [0.5, 0.6) is 0 Å². The molecular weight excluding hydrogens is 395 g/mol. The average molecular weight is 421 g/mol. The van der Waals surface area contributed by atoms with Crippen molar-refractivity contribution in [3.05, 3.63) is 101 Å². The van der Waals surface area contributed by atoms with Crippen LogP contribution in [-0.2, 0) is 13.0 Å². The Morgan fingerprint density at radius 2 is 1.60 bits per heavy atom. The molecule has 0 amide bonds. The van der Waals surface area contributed by atoms with E-state index >= 15 is 0 Å². The maximum atomic E-state index is 13.3. The Labute approximate surface area is 182 Å². The van der Waals surface area contributed by atoms with Crippen molar-refractivity contribution in [3.8, 4) is 5.69 Å². The fourth-order valence-electron chi connectivity index (χ4n) is 3.96. The first-order chi connectivity index (χ1) is 14.6. The molecule has 30 heavy (non-hydrogen) atoms. The predicted molar refractivity (Wildman–Crippen MR) is 124 cm³/mol. The lowest BCUT2D eigenvalue weighted by Crippen LogP contribution is -2.19. The largest absolute Gasteiger partial charge is 0.316 e. The van der Waals surface area contributed by atoms with E-state index < -0.39 is 0 Å². The van der Waals surface area contributed by atoms with Crippen molar-refractivity contribution in [3.63, 3.8) is 0 Å². The molecule has 3 aromatic carbocycles. The molecule has 0 N–H and O–H groups in total. The highest BCUT2D eigenvalue weighted by Gasteiger charge is 2.10. The molecule has 0 saturated heterocycles. The van der Waals surface area contributed by atoms with Gasteiger partial charge in [-0.2, -0.15) is 0 Å². The monoisotopic (exact) mass is 420 g/mol. The van der Waals surface area contributed by atoms with Gasteiger partial charge in [-0.3, -0.25) is 0 Å². The van der Waals surface area contributed by atoms with E-state index in [1.54, 1.807) is 0 Å². The van der Waals surface area contributed by atoms with Gasteiger partial charge in [0.15, 0.2) is 0 Å². The third kappa shape index (κ3) is 4.75. The zero-order chi connectivity index (χ0) is 20.9. The molecule has 154 valence electrons. The Bertz CT molecular complexity index is 1120. The minimum Gasteiger partial charge on any atom is -0.316 e. The van der Waals surface area contributed by atoms with E-state index in [2.05, 4.69) is 53.0 Å². The van der Waals surface area contributed by atoms with E-state index in [9.17, 15) is 4.39 Å². The van der Waals surface area contributed by atoms with Gasteiger partial charge >= 0.3 is 0 Å². The summed E-state index contributed by atoms with van der Waals surface area (Å²) in [6.45, 7) is 1.89. The van der Waals surface area contributed by atoms with Crippen LogP contribution in [0.4, 0.5) is 4.39 Å². The molecule has 0 unspecified atom stereocenters. The third-order valence-corrected chi connectivity index (χ3v) is 5.90. The molecule has 4 heteroatoms. The summed E-state index contributed by atoms with van der Waals surface area (Å²) in [5.41, 5.74) is 4.65. The van der Waals surface area contributed by atoms with Crippen LogP contribution in [0, 0.1) is 5.82 Å². The van der Waals surface area contributed by atoms with Crippen LogP contribution in [0.25, 0.3) is 16.6 Å². The Morgan fingerprint density at radius 3 is 2.40 bits per heavy atom. The summed E-state index contributed by atoms with van der Waals surface area (Å²) < 4.78 is 15.5. The second-order valence-electron chi connectivity index (χ2n) is 7.80. The number of halogens is 2. The van der Waals surface area contributed by atoms with Crippen molar-refractivity contribution in [2.24, 2.45) is 0 Å². The van der Waals surface area contributed by atoms with Crippen molar-refractivity contribution >= 4 is 22.5 Å². The number of benzene rings is 3. The van der Waals surface area contributed by atoms with Crippen LogP contribution in [-0.4, -0.2) is 23.1 Å². The number of rotatable bonds is 8. The molecule has 0 bridgehead atoms. The summed E-state index contributed by atoms with van der Waals surface area (Å²) in [6, 6.07) is 23.1. The highest BCUT2D eigenvalue weighted by Crippen LogP contribution is 2.26. The Kier molecular flexibility index (Phi) is 6.51. The van der Waals surface area contributed by atoms with Crippen LogP contribution in [0.3, 0.4) is 0 Å². The van der Waals surface area contributed by atoms with Crippen LogP contribution in [0.2, 0.25) is 5.02 Å². The summed E-state index contributed by atoms with van der Waals surface area (Å²) in [4.78, 5) is 2.32.